The van der Waals surface area contributed by atoms with Crippen molar-refractivity contribution in [1.82, 2.24) is 0 Å². The lowest BCUT2D eigenvalue weighted by atomic mass is 10.1. The van der Waals surface area contributed by atoms with Crippen LogP contribution < -0.4 is 4.74 Å². The van der Waals surface area contributed by atoms with Crippen LogP contribution in [0, 0.1) is 0 Å². The normalized spacial score (nSPS) is 21.9. The first-order valence-corrected chi connectivity index (χ1v) is 6.04. The van der Waals surface area contributed by atoms with Crippen LogP contribution in [-0.2, 0) is 18.8 Å². The van der Waals surface area contributed by atoms with Crippen molar-refractivity contribution < 1.29 is 36.8 Å². The van der Waals surface area contributed by atoms with E-state index in [4.69, 9.17) is 4.74 Å². The standard InChI is InChI=1S/C9H10O8S/c1-15-7-4-5(2-3-6(7)10)8(11)9(12)16-18(13,14)17-9/h2-4,8,10-12H,1H3. The number of rotatable bonds is 3. The Morgan fingerprint density at radius 3 is 2.50 bits per heavy atom. The maximum Gasteiger partial charge on any atom is 0.409 e. The first kappa shape index (κ1) is 13.1. The number of phenolic OH excluding ortho intramolecular Hbond substituents is 1. The van der Waals surface area contributed by atoms with Gasteiger partial charge >= 0.3 is 16.4 Å². The summed E-state index contributed by atoms with van der Waals surface area (Å²) in [6.07, 6.45) is -1.78. The van der Waals surface area contributed by atoms with Crippen molar-refractivity contribution in [3.05, 3.63) is 23.8 Å². The molecule has 0 spiro atoms. The zero-order chi connectivity index (χ0) is 13.6. The highest BCUT2D eigenvalue weighted by Gasteiger charge is 2.57. The molecule has 2 rings (SSSR count). The van der Waals surface area contributed by atoms with Crippen LogP contribution in [0.25, 0.3) is 0 Å². The molecule has 9 heteroatoms. The quantitative estimate of drug-likeness (QED) is 0.668. The van der Waals surface area contributed by atoms with Gasteiger partial charge in [-0.1, -0.05) is 6.07 Å². The lowest BCUT2D eigenvalue weighted by molar-refractivity contribution is -0.369. The summed E-state index contributed by atoms with van der Waals surface area (Å²) in [5.41, 5.74) is 0.0436. The number of ether oxygens (including phenoxy) is 1. The van der Waals surface area contributed by atoms with Crippen molar-refractivity contribution in [1.29, 1.82) is 0 Å². The van der Waals surface area contributed by atoms with Crippen LogP contribution in [0.5, 0.6) is 11.5 Å². The number of phenols is 1. The highest BCUT2D eigenvalue weighted by Crippen LogP contribution is 2.40. The van der Waals surface area contributed by atoms with Crippen LogP contribution in [0.2, 0.25) is 0 Å². The van der Waals surface area contributed by atoms with Gasteiger partial charge < -0.3 is 20.1 Å². The van der Waals surface area contributed by atoms with Gasteiger partial charge in [-0.15, -0.1) is 0 Å². The molecular formula is C9H10O8S. The topological polar surface area (TPSA) is 123 Å². The van der Waals surface area contributed by atoms with Gasteiger partial charge in [0.2, 0.25) is 0 Å². The van der Waals surface area contributed by atoms with E-state index in [1.54, 1.807) is 0 Å². The summed E-state index contributed by atoms with van der Waals surface area (Å²) in [5.74, 6) is -2.80. The highest BCUT2D eigenvalue weighted by molar-refractivity contribution is 7.82. The summed E-state index contributed by atoms with van der Waals surface area (Å²) in [5, 5.41) is 28.6. The molecule has 1 aromatic carbocycles. The highest BCUT2D eigenvalue weighted by atomic mass is 32.3. The molecule has 1 unspecified atom stereocenters. The maximum absolute atomic E-state index is 10.6. The predicted octanol–water partition coefficient (Wildman–Crippen LogP) is -0.628. The summed E-state index contributed by atoms with van der Waals surface area (Å²) >= 11 is 0. The number of aliphatic hydroxyl groups excluding tert-OH is 1. The number of hydrogen-bond donors (Lipinski definition) is 3. The summed E-state index contributed by atoms with van der Waals surface area (Å²) in [6.45, 7) is 0. The van der Waals surface area contributed by atoms with Crippen LogP contribution in [0.15, 0.2) is 18.2 Å². The maximum atomic E-state index is 10.6. The minimum atomic E-state index is -4.26. The molecule has 3 N–H and O–H groups in total. The lowest BCUT2D eigenvalue weighted by Crippen LogP contribution is -2.54. The SMILES string of the molecule is COc1cc(C(O)C2(O)OS(=O)(=O)O2)ccc1O. The first-order valence-electron chi connectivity index (χ1n) is 4.71. The van der Waals surface area contributed by atoms with Crippen LogP contribution in [-0.4, -0.2) is 36.8 Å². The second kappa shape index (κ2) is 4.07. The van der Waals surface area contributed by atoms with Gasteiger partial charge in [0.15, 0.2) is 17.6 Å². The van der Waals surface area contributed by atoms with Gasteiger partial charge in [0.25, 0.3) is 0 Å². The third-order valence-corrected chi connectivity index (χ3v) is 3.19. The van der Waals surface area contributed by atoms with Gasteiger partial charge in [-0.25, -0.2) is 0 Å². The van der Waals surface area contributed by atoms with E-state index in [0.717, 1.165) is 0 Å². The van der Waals surface area contributed by atoms with Gasteiger partial charge in [0.05, 0.1) is 7.11 Å². The third-order valence-electron chi connectivity index (χ3n) is 2.31. The molecule has 0 bridgehead atoms. The van der Waals surface area contributed by atoms with Crippen LogP contribution in [0.1, 0.15) is 11.7 Å². The summed E-state index contributed by atoms with van der Waals surface area (Å²) in [7, 11) is -2.96. The van der Waals surface area contributed by atoms with Crippen molar-refractivity contribution >= 4 is 10.4 Å². The molecule has 0 aromatic heterocycles. The van der Waals surface area contributed by atoms with Crippen molar-refractivity contribution in [2.75, 3.05) is 7.11 Å². The van der Waals surface area contributed by atoms with E-state index in [1.165, 1.54) is 25.3 Å². The first-order chi connectivity index (χ1) is 8.27. The van der Waals surface area contributed by atoms with Crippen LogP contribution >= 0.6 is 0 Å². The minimum Gasteiger partial charge on any atom is -0.504 e. The Balaban J connectivity index is 2.27. The fraction of sp³-hybridized carbons (Fsp3) is 0.333. The van der Waals surface area contributed by atoms with Crippen molar-refractivity contribution in [3.8, 4) is 11.5 Å². The molecule has 18 heavy (non-hydrogen) atoms. The van der Waals surface area contributed by atoms with Crippen molar-refractivity contribution in [2.24, 2.45) is 0 Å². The number of methoxy groups -OCH3 is 1. The summed E-state index contributed by atoms with van der Waals surface area (Å²) in [4.78, 5) is 0. The Bertz CT molecular complexity index is 554. The van der Waals surface area contributed by atoms with Crippen molar-refractivity contribution in [3.63, 3.8) is 0 Å². The molecule has 1 atom stereocenters. The summed E-state index contributed by atoms with van der Waals surface area (Å²) in [6, 6.07) is 3.65. The Kier molecular flexibility index (Phi) is 2.95. The molecular weight excluding hydrogens is 268 g/mol. The minimum absolute atomic E-state index is 0.0392. The number of aromatic hydroxyl groups is 1. The molecule has 8 nitrogen and oxygen atoms in total. The predicted molar refractivity (Wildman–Crippen MR) is 55.7 cm³/mol. The van der Waals surface area contributed by atoms with E-state index in [2.05, 4.69) is 8.37 Å². The second-order valence-corrected chi connectivity index (χ2v) is 4.69. The Morgan fingerprint density at radius 1 is 1.39 bits per heavy atom. The zero-order valence-electron chi connectivity index (χ0n) is 9.10. The molecule has 1 aliphatic heterocycles. The smallest absolute Gasteiger partial charge is 0.409 e. The molecule has 1 saturated heterocycles. The molecule has 1 fully saturated rings. The van der Waals surface area contributed by atoms with Crippen molar-refractivity contribution in [2.45, 2.75) is 12.1 Å². The lowest BCUT2D eigenvalue weighted by Gasteiger charge is -2.36. The molecule has 1 heterocycles. The van der Waals surface area contributed by atoms with Gasteiger partial charge in [0.1, 0.15) is 0 Å². The number of hydrogen-bond acceptors (Lipinski definition) is 8. The van der Waals surface area contributed by atoms with Gasteiger partial charge in [-0.05, 0) is 17.7 Å². The fourth-order valence-electron chi connectivity index (χ4n) is 1.46. The fourth-order valence-corrected chi connectivity index (χ4v) is 2.24. The monoisotopic (exact) mass is 278 g/mol. The van der Waals surface area contributed by atoms with E-state index in [-0.39, 0.29) is 17.1 Å². The number of benzene rings is 1. The molecule has 0 radical (unpaired) electrons. The average molecular weight is 278 g/mol. The van der Waals surface area contributed by atoms with E-state index in [0.29, 0.717) is 0 Å². The number of aliphatic hydroxyl groups is 2. The molecule has 1 aromatic rings. The average Bonchev–Trinajstić information content (AvgIpc) is 2.26. The Morgan fingerprint density at radius 2 is 2.00 bits per heavy atom. The van der Waals surface area contributed by atoms with E-state index < -0.39 is 22.5 Å². The molecule has 0 aliphatic carbocycles. The van der Waals surface area contributed by atoms with E-state index in [1.807, 2.05) is 0 Å². The Hall–Kier alpha value is -1.39. The molecule has 1 aliphatic rings. The molecule has 0 saturated carbocycles. The van der Waals surface area contributed by atoms with Crippen LogP contribution in [0.3, 0.4) is 0 Å². The largest absolute Gasteiger partial charge is 0.504 e. The second-order valence-electron chi connectivity index (χ2n) is 3.54. The van der Waals surface area contributed by atoms with E-state index in [9.17, 15) is 23.7 Å². The van der Waals surface area contributed by atoms with Gasteiger partial charge in [-0.2, -0.15) is 16.8 Å². The van der Waals surface area contributed by atoms with Crippen LogP contribution in [0.4, 0.5) is 0 Å². The van der Waals surface area contributed by atoms with E-state index >= 15 is 0 Å². The zero-order valence-corrected chi connectivity index (χ0v) is 9.92. The summed E-state index contributed by atoms with van der Waals surface area (Å²) < 4.78 is 34.2. The Labute approximate surface area is 102 Å². The van der Waals surface area contributed by atoms with Gasteiger partial charge in [0, 0.05) is 0 Å². The van der Waals surface area contributed by atoms with Gasteiger partial charge in [-0.3, -0.25) is 0 Å². The molecule has 100 valence electrons. The molecule has 0 amide bonds. The third kappa shape index (κ3) is 2.13.